The maximum Gasteiger partial charge on any atom is 0.225 e. The molecule has 0 aliphatic heterocycles. The Balaban J connectivity index is 2.32. The van der Waals surface area contributed by atoms with Crippen molar-refractivity contribution in [3.05, 3.63) is 6.20 Å². The van der Waals surface area contributed by atoms with Gasteiger partial charge >= 0.3 is 0 Å². The second kappa shape index (κ2) is 5.35. The van der Waals surface area contributed by atoms with Crippen molar-refractivity contribution in [2.75, 3.05) is 17.6 Å². The van der Waals surface area contributed by atoms with Crippen LogP contribution >= 0.6 is 11.8 Å². The number of aromatic nitrogens is 4. The van der Waals surface area contributed by atoms with Gasteiger partial charge in [0.2, 0.25) is 5.95 Å². The lowest BCUT2D eigenvalue weighted by Crippen LogP contribution is -2.03. The molecule has 0 radical (unpaired) electrons. The van der Waals surface area contributed by atoms with E-state index in [4.69, 9.17) is 0 Å². The molecule has 0 spiro atoms. The summed E-state index contributed by atoms with van der Waals surface area (Å²) < 4.78 is 0. The van der Waals surface area contributed by atoms with Gasteiger partial charge in [-0.05, 0) is 12.8 Å². The number of nitrogens with zero attached hydrogens (tertiary/aromatic N) is 3. The summed E-state index contributed by atoms with van der Waals surface area (Å²) in [5.74, 6) is 2.35. The molecule has 0 saturated heterocycles. The third-order valence-corrected chi connectivity index (χ3v) is 3.58. The second-order valence-corrected chi connectivity index (χ2v) is 5.23. The molecule has 0 unspecified atom stereocenters. The van der Waals surface area contributed by atoms with E-state index in [2.05, 4.69) is 39.3 Å². The first kappa shape index (κ1) is 12.2. The van der Waals surface area contributed by atoms with E-state index in [0.717, 1.165) is 28.4 Å². The van der Waals surface area contributed by atoms with E-state index in [-0.39, 0.29) is 0 Å². The van der Waals surface area contributed by atoms with E-state index in [1.165, 1.54) is 0 Å². The number of aromatic amines is 1. The zero-order chi connectivity index (χ0) is 12.3. The molecule has 2 heterocycles. The van der Waals surface area contributed by atoms with Gasteiger partial charge in [-0.15, -0.1) is 11.8 Å². The molecule has 2 aromatic heterocycles. The molecule has 0 aromatic carbocycles. The van der Waals surface area contributed by atoms with Crippen LogP contribution in [-0.4, -0.2) is 32.5 Å². The molecule has 0 amide bonds. The smallest absolute Gasteiger partial charge is 0.225 e. The van der Waals surface area contributed by atoms with Gasteiger partial charge in [-0.3, -0.25) is 5.10 Å². The highest BCUT2D eigenvalue weighted by atomic mass is 32.2. The molecule has 92 valence electrons. The normalized spacial score (nSPS) is 11.3. The molecular formula is C11H17N5S. The summed E-state index contributed by atoms with van der Waals surface area (Å²) in [6, 6.07) is 0. The molecule has 0 fully saturated rings. The summed E-state index contributed by atoms with van der Waals surface area (Å²) in [5, 5.41) is 12.0. The summed E-state index contributed by atoms with van der Waals surface area (Å²) in [6.45, 7) is 7.24. The molecule has 0 aliphatic rings. The van der Waals surface area contributed by atoms with Gasteiger partial charge in [0.25, 0.3) is 0 Å². The van der Waals surface area contributed by atoms with Crippen molar-refractivity contribution >= 4 is 28.7 Å². The molecule has 0 saturated carbocycles. The van der Waals surface area contributed by atoms with Crippen LogP contribution in [0.1, 0.15) is 20.8 Å². The predicted octanol–water partition coefficient (Wildman–Crippen LogP) is 2.53. The number of H-pyrrole nitrogens is 1. The Labute approximate surface area is 105 Å². The van der Waals surface area contributed by atoms with Crippen LogP contribution in [0.4, 0.5) is 5.95 Å². The molecule has 0 bridgehead atoms. The fourth-order valence-electron chi connectivity index (χ4n) is 1.40. The molecular weight excluding hydrogens is 234 g/mol. The first-order chi connectivity index (χ1) is 8.20. The monoisotopic (exact) mass is 251 g/mol. The van der Waals surface area contributed by atoms with E-state index in [9.17, 15) is 0 Å². The zero-order valence-corrected chi connectivity index (χ0v) is 11.1. The van der Waals surface area contributed by atoms with Gasteiger partial charge in [0.1, 0.15) is 5.03 Å². The van der Waals surface area contributed by atoms with Crippen LogP contribution in [0.2, 0.25) is 0 Å². The van der Waals surface area contributed by atoms with Gasteiger partial charge in [-0.1, -0.05) is 13.8 Å². The Morgan fingerprint density at radius 2 is 2.24 bits per heavy atom. The van der Waals surface area contributed by atoms with Gasteiger partial charge in [0.15, 0.2) is 5.65 Å². The number of anilines is 1. The minimum absolute atomic E-state index is 0.638. The minimum atomic E-state index is 0.638. The van der Waals surface area contributed by atoms with Crippen LogP contribution in [-0.2, 0) is 0 Å². The fraction of sp³-hybridized carbons (Fsp3) is 0.545. The summed E-state index contributed by atoms with van der Waals surface area (Å²) in [6.07, 6.45) is 1.79. The minimum Gasteiger partial charge on any atom is -0.354 e. The summed E-state index contributed by atoms with van der Waals surface area (Å²) >= 11 is 1.75. The Kier molecular flexibility index (Phi) is 3.83. The van der Waals surface area contributed by atoms with E-state index >= 15 is 0 Å². The number of rotatable bonds is 5. The highest BCUT2D eigenvalue weighted by molar-refractivity contribution is 7.99. The highest BCUT2D eigenvalue weighted by Crippen LogP contribution is 2.26. The van der Waals surface area contributed by atoms with Crippen LogP contribution in [0.5, 0.6) is 0 Å². The fourth-order valence-corrected chi connectivity index (χ4v) is 2.35. The van der Waals surface area contributed by atoms with Crippen LogP contribution in [0, 0.1) is 5.92 Å². The van der Waals surface area contributed by atoms with Crippen LogP contribution < -0.4 is 5.32 Å². The molecule has 6 heteroatoms. The van der Waals surface area contributed by atoms with E-state index in [1.807, 2.05) is 6.92 Å². The van der Waals surface area contributed by atoms with Crippen molar-refractivity contribution in [2.24, 2.45) is 5.92 Å². The van der Waals surface area contributed by atoms with Crippen LogP contribution in [0.25, 0.3) is 11.0 Å². The third-order valence-electron chi connectivity index (χ3n) is 2.16. The largest absolute Gasteiger partial charge is 0.354 e. The van der Waals surface area contributed by atoms with Crippen molar-refractivity contribution in [3.63, 3.8) is 0 Å². The Hall–Kier alpha value is -1.30. The van der Waals surface area contributed by atoms with Crippen molar-refractivity contribution in [2.45, 2.75) is 25.8 Å². The first-order valence-electron chi connectivity index (χ1n) is 5.78. The molecule has 2 N–H and O–H groups in total. The molecule has 2 aromatic rings. The lowest BCUT2D eigenvalue weighted by Gasteiger charge is -2.07. The molecule has 5 nitrogen and oxygen atoms in total. The lowest BCUT2D eigenvalue weighted by atomic mass is 10.3. The molecule has 2 rings (SSSR count). The average molecular weight is 251 g/mol. The highest BCUT2D eigenvalue weighted by Gasteiger charge is 2.10. The summed E-state index contributed by atoms with van der Waals surface area (Å²) in [5.41, 5.74) is 0.794. The first-order valence-corrected chi connectivity index (χ1v) is 6.77. The van der Waals surface area contributed by atoms with Gasteiger partial charge in [-0.2, -0.15) is 10.1 Å². The summed E-state index contributed by atoms with van der Waals surface area (Å²) in [4.78, 5) is 8.87. The Morgan fingerprint density at radius 3 is 2.94 bits per heavy atom. The molecule has 0 atom stereocenters. The predicted molar refractivity (Wildman–Crippen MR) is 71.4 cm³/mol. The second-order valence-electron chi connectivity index (χ2n) is 4.22. The van der Waals surface area contributed by atoms with Crippen molar-refractivity contribution in [1.82, 2.24) is 20.2 Å². The van der Waals surface area contributed by atoms with Gasteiger partial charge in [0, 0.05) is 12.3 Å². The van der Waals surface area contributed by atoms with Gasteiger partial charge in [-0.25, -0.2) is 4.98 Å². The maximum atomic E-state index is 4.52. The third kappa shape index (κ3) is 2.88. The van der Waals surface area contributed by atoms with E-state index < -0.39 is 0 Å². The Bertz CT molecular complexity index is 494. The van der Waals surface area contributed by atoms with Crippen molar-refractivity contribution < 1.29 is 0 Å². The molecule has 0 aliphatic carbocycles. The average Bonchev–Trinajstić information content (AvgIpc) is 2.74. The Morgan fingerprint density at radius 1 is 1.41 bits per heavy atom. The van der Waals surface area contributed by atoms with Crippen molar-refractivity contribution in [3.8, 4) is 0 Å². The molecule has 17 heavy (non-hydrogen) atoms. The van der Waals surface area contributed by atoms with E-state index in [0.29, 0.717) is 11.9 Å². The SMILES string of the molecule is CCNc1nc(SCC(C)C)c2cn[nH]c2n1. The standard InChI is InChI=1S/C11H17N5S/c1-4-12-11-14-9-8(5-13-16-9)10(15-11)17-6-7(2)3/h5,7H,4,6H2,1-3H3,(H2,12,13,14,15,16). The van der Waals surface area contributed by atoms with Crippen LogP contribution in [0.3, 0.4) is 0 Å². The maximum absolute atomic E-state index is 4.52. The quantitative estimate of drug-likeness (QED) is 0.631. The number of hydrogen-bond donors (Lipinski definition) is 2. The zero-order valence-electron chi connectivity index (χ0n) is 10.3. The van der Waals surface area contributed by atoms with Crippen LogP contribution in [0.15, 0.2) is 11.2 Å². The van der Waals surface area contributed by atoms with Gasteiger partial charge < -0.3 is 5.32 Å². The number of thioether (sulfide) groups is 1. The topological polar surface area (TPSA) is 66.5 Å². The van der Waals surface area contributed by atoms with Gasteiger partial charge in [0.05, 0.1) is 11.6 Å². The van der Waals surface area contributed by atoms with E-state index in [1.54, 1.807) is 18.0 Å². The number of nitrogens with one attached hydrogen (secondary N) is 2. The van der Waals surface area contributed by atoms with Crippen molar-refractivity contribution in [1.29, 1.82) is 0 Å². The number of fused-ring (bicyclic) bond motifs is 1. The summed E-state index contributed by atoms with van der Waals surface area (Å²) in [7, 11) is 0. The lowest BCUT2D eigenvalue weighted by molar-refractivity contribution is 0.749. The number of hydrogen-bond acceptors (Lipinski definition) is 5.